The maximum Gasteiger partial charge on any atom is 0.310 e. The molecule has 0 amide bonds. The van der Waals surface area contributed by atoms with Crippen LogP contribution < -0.4 is 0 Å². The van der Waals surface area contributed by atoms with Crippen LogP contribution in [0.3, 0.4) is 0 Å². The Morgan fingerprint density at radius 1 is 1.40 bits per heavy atom. The van der Waals surface area contributed by atoms with Gasteiger partial charge in [0, 0.05) is 19.2 Å². The molecule has 1 saturated carbocycles. The Kier molecular flexibility index (Phi) is 5.81. The first-order chi connectivity index (χ1) is 9.67. The lowest BCUT2D eigenvalue weighted by Crippen LogP contribution is -2.51. The Morgan fingerprint density at radius 3 is 2.85 bits per heavy atom. The second-order valence-corrected chi connectivity index (χ2v) is 5.97. The number of nitrogens with zero attached hydrogens (tertiary/aromatic N) is 1. The smallest absolute Gasteiger partial charge is 0.310 e. The molecule has 5 nitrogen and oxygen atoms in total. The minimum Gasteiger partial charge on any atom is -0.481 e. The minimum absolute atomic E-state index is 0.0213. The van der Waals surface area contributed by atoms with Crippen molar-refractivity contribution in [1.82, 2.24) is 4.90 Å². The number of aliphatic carboxylic acids is 1. The van der Waals surface area contributed by atoms with Crippen LogP contribution in [0.4, 0.5) is 0 Å². The third-order valence-corrected chi connectivity index (χ3v) is 4.68. The second kappa shape index (κ2) is 7.38. The summed E-state index contributed by atoms with van der Waals surface area (Å²) in [5, 5.41) is 9.37. The molecule has 2 aliphatic rings. The maximum atomic E-state index is 11.4. The zero-order chi connectivity index (χ0) is 14.5. The molecular weight excluding hydrogens is 258 g/mol. The van der Waals surface area contributed by atoms with Gasteiger partial charge in [0.05, 0.1) is 25.2 Å². The van der Waals surface area contributed by atoms with Gasteiger partial charge in [-0.05, 0) is 38.6 Å². The van der Waals surface area contributed by atoms with Crippen molar-refractivity contribution in [3.05, 3.63) is 0 Å². The van der Waals surface area contributed by atoms with E-state index >= 15 is 0 Å². The minimum atomic E-state index is -0.729. The van der Waals surface area contributed by atoms with Crippen LogP contribution in [-0.2, 0) is 14.3 Å². The van der Waals surface area contributed by atoms with Crippen LogP contribution in [0.5, 0.6) is 0 Å². The Labute approximate surface area is 121 Å². The molecular formula is C15H27NO4. The highest BCUT2D eigenvalue weighted by Gasteiger charge is 2.41. The summed E-state index contributed by atoms with van der Waals surface area (Å²) in [7, 11) is 1.77. The fourth-order valence-corrected chi connectivity index (χ4v) is 3.62. The van der Waals surface area contributed by atoms with Crippen molar-refractivity contribution in [2.75, 3.05) is 26.9 Å². The molecule has 116 valence electrons. The first kappa shape index (κ1) is 15.7. The normalized spacial score (nSPS) is 34.5. The molecule has 0 bridgehead atoms. The van der Waals surface area contributed by atoms with Crippen molar-refractivity contribution >= 4 is 5.97 Å². The molecule has 0 aromatic carbocycles. The van der Waals surface area contributed by atoms with Crippen LogP contribution in [0.1, 0.15) is 39.0 Å². The van der Waals surface area contributed by atoms with E-state index in [-0.39, 0.29) is 12.0 Å². The Morgan fingerprint density at radius 2 is 2.20 bits per heavy atom. The van der Waals surface area contributed by atoms with Gasteiger partial charge in [-0.3, -0.25) is 9.69 Å². The molecule has 1 aliphatic heterocycles. The van der Waals surface area contributed by atoms with Crippen LogP contribution in [0.25, 0.3) is 0 Å². The van der Waals surface area contributed by atoms with Crippen LogP contribution in [-0.4, -0.2) is 61.0 Å². The molecule has 0 aromatic rings. The van der Waals surface area contributed by atoms with E-state index in [1.54, 1.807) is 7.11 Å². The summed E-state index contributed by atoms with van der Waals surface area (Å²) in [5.41, 5.74) is 0. The van der Waals surface area contributed by atoms with E-state index in [9.17, 15) is 9.90 Å². The predicted octanol–water partition coefficient (Wildman–Crippen LogP) is 1.76. The number of ether oxygens (including phenoxy) is 2. The largest absolute Gasteiger partial charge is 0.481 e. The molecule has 1 saturated heterocycles. The summed E-state index contributed by atoms with van der Waals surface area (Å²) in [6.07, 6.45) is 5.79. The molecule has 1 heterocycles. The average Bonchev–Trinajstić information content (AvgIpc) is 2.94. The highest BCUT2D eigenvalue weighted by atomic mass is 16.5. The Bertz CT molecular complexity index is 323. The van der Waals surface area contributed by atoms with Crippen LogP contribution in [0, 0.1) is 5.92 Å². The number of rotatable bonds is 6. The number of carbonyl (C=O) groups is 1. The van der Waals surface area contributed by atoms with E-state index in [0.29, 0.717) is 25.4 Å². The van der Waals surface area contributed by atoms with Gasteiger partial charge in [-0.1, -0.05) is 6.92 Å². The van der Waals surface area contributed by atoms with Crippen molar-refractivity contribution in [1.29, 1.82) is 0 Å². The molecule has 2 fully saturated rings. The van der Waals surface area contributed by atoms with Crippen molar-refractivity contribution in [3.63, 3.8) is 0 Å². The predicted molar refractivity (Wildman–Crippen MR) is 75.8 cm³/mol. The summed E-state index contributed by atoms with van der Waals surface area (Å²) in [5.74, 6) is -1.11. The molecule has 4 atom stereocenters. The Balaban J connectivity index is 2.07. The van der Waals surface area contributed by atoms with Crippen molar-refractivity contribution in [3.8, 4) is 0 Å². The fourth-order valence-electron chi connectivity index (χ4n) is 3.62. The third-order valence-electron chi connectivity index (χ3n) is 4.68. The number of carboxylic acid groups (broad SMARTS) is 1. The van der Waals surface area contributed by atoms with E-state index in [1.165, 1.54) is 0 Å². The van der Waals surface area contributed by atoms with Gasteiger partial charge in [-0.25, -0.2) is 0 Å². The van der Waals surface area contributed by atoms with Gasteiger partial charge in [0.15, 0.2) is 0 Å². The number of carboxylic acids is 1. The van der Waals surface area contributed by atoms with E-state index in [4.69, 9.17) is 9.47 Å². The first-order valence-corrected chi connectivity index (χ1v) is 7.76. The van der Waals surface area contributed by atoms with Gasteiger partial charge < -0.3 is 14.6 Å². The third kappa shape index (κ3) is 3.51. The average molecular weight is 285 g/mol. The maximum absolute atomic E-state index is 11.4. The van der Waals surface area contributed by atoms with E-state index < -0.39 is 5.97 Å². The summed E-state index contributed by atoms with van der Waals surface area (Å²) >= 11 is 0. The van der Waals surface area contributed by atoms with Crippen LogP contribution in [0.15, 0.2) is 0 Å². The van der Waals surface area contributed by atoms with Gasteiger partial charge in [-0.15, -0.1) is 0 Å². The second-order valence-electron chi connectivity index (χ2n) is 5.97. The molecule has 4 unspecified atom stereocenters. The SMILES string of the molecule is CCCN(C1CCCC(OC)C1)C1COCC1C(=O)O. The highest BCUT2D eigenvalue weighted by molar-refractivity contribution is 5.71. The number of methoxy groups -OCH3 is 1. The number of hydrogen-bond donors (Lipinski definition) is 1. The van der Waals surface area contributed by atoms with E-state index in [0.717, 1.165) is 38.6 Å². The quantitative estimate of drug-likeness (QED) is 0.806. The number of hydrogen-bond acceptors (Lipinski definition) is 4. The fraction of sp³-hybridized carbons (Fsp3) is 0.933. The van der Waals surface area contributed by atoms with Gasteiger partial charge in [0.2, 0.25) is 0 Å². The molecule has 20 heavy (non-hydrogen) atoms. The van der Waals surface area contributed by atoms with Gasteiger partial charge in [-0.2, -0.15) is 0 Å². The highest BCUT2D eigenvalue weighted by Crippen LogP contribution is 2.30. The van der Waals surface area contributed by atoms with Crippen molar-refractivity contribution < 1.29 is 19.4 Å². The first-order valence-electron chi connectivity index (χ1n) is 7.76. The van der Waals surface area contributed by atoms with Gasteiger partial charge in [0.1, 0.15) is 0 Å². The molecule has 5 heteroatoms. The molecule has 2 rings (SSSR count). The summed E-state index contributed by atoms with van der Waals surface area (Å²) in [6, 6.07) is 0.454. The van der Waals surface area contributed by atoms with Crippen molar-refractivity contribution in [2.45, 2.75) is 57.2 Å². The van der Waals surface area contributed by atoms with Gasteiger partial charge >= 0.3 is 5.97 Å². The van der Waals surface area contributed by atoms with E-state index in [2.05, 4.69) is 11.8 Å². The zero-order valence-corrected chi connectivity index (χ0v) is 12.6. The zero-order valence-electron chi connectivity index (χ0n) is 12.6. The Hall–Kier alpha value is -0.650. The topological polar surface area (TPSA) is 59.0 Å². The lowest BCUT2D eigenvalue weighted by Gasteiger charge is -2.41. The standard InChI is InChI=1S/C15H27NO4/c1-3-7-16(11-5-4-6-12(8-11)19-2)14-10-20-9-13(14)15(17)18/h11-14H,3-10H2,1-2H3,(H,17,18). The van der Waals surface area contributed by atoms with Gasteiger partial charge in [0.25, 0.3) is 0 Å². The summed E-state index contributed by atoms with van der Waals surface area (Å²) in [4.78, 5) is 13.8. The lowest BCUT2D eigenvalue weighted by molar-refractivity contribution is -0.143. The summed E-state index contributed by atoms with van der Waals surface area (Å²) in [6.45, 7) is 3.99. The lowest BCUT2D eigenvalue weighted by atomic mass is 9.89. The van der Waals surface area contributed by atoms with E-state index in [1.807, 2.05) is 0 Å². The molecule has 1 N–H and O–H groups in total. The molecule has 0 radical (unpaired) electrons. The molecule has 0 aromatic heterocycles. The summed E-state index contributed by atoms with van der Waals surface area (Å²) < 4.78 is 11.0. The van der Waals surface area contributed by atoms with Crippen LogP contribution in [0.2, 0.25) is 0 Å². The molecule has 0 spiro atoms. The molecule has 1 aliphatic carbocycles. The van der Waals surface area contributed by atoms with Crippen molar-refractivity contribution in [2.24, 2.45) is 5.92 Å². The van der Waals surface area contributed by atoms with Crippen LogP contribution >= 0.6 is 0 Å². The monoisotopic (exact) mass is 285 g/mol.